The highest BCUT2D eigenvalue weighted by Crippen LogP contribution is 2.33. The topological polar surface area (TPSA) is 98.5 Å². The molecule has 0 radical (unpaired) electrons. The molecule has 0 aliphatic rings. The molecule has 0 aliphatic heterocycles. The third kappa shape index (κ3) is 8.55. The predicted octanol–water partition coefficient (Wildman–Crippen LogP) is 8.22. The lowest BCUT2D eigenvalue weighted by Crippen LogP contribution is -2.16. The second kappa shape index (κ2) is 15.3. The summed E-state index contributed by atoms with van der Waals surface area (Å²) < 4.78 is 31.1. The quantitative estimate of drug-likeness (QED) is 0.114. The van der Waals surface area contributed by atoms with Crippen LogP contribution in [0.2, 0.25) is 5.02 Å². The van der Waals surface area contributed by atoms with Gasteiger partial charge in [0.15, 0.2) is 0 Å². The summed E-state index contributed by atoms with van der Waals surface area (Å²) in [4.78, 5) is 20.1. The van der Waals surface area contributed by atoms with Gasteiger partial charge in [-0.15, -0.1) is 0 Å². The van der Waals surface area contributed by atoms with E-state index in [0.717, 1.165) is 59.4 Å². The first-order chi connectivity index (χ1) is 21.5. The van der Waals surface area contributed by atoms with Crippen molar-refractivity contribution in [3.05, 3.63) is 101 Å². The van der Waals surface area contributed by atoms with Crippen LogP contribution in [0.3, 0.4) is 0 Å². The number of hydrogen-bond acceptors (Lipinski definition) is 7. The average molecular weight is 617 g/mol. The predicted molar refractivity (Wildman–Crippen MR) is 170 cm³/mol. The highest BCUT2D eigenvalue weighted by Gasteiger charge is 2.11. The van der Waals surface area contributed by atoms with Crippen molar-refractivity contribution >= 4 is 39.9 Å². The molecule has 3 aromatic carbocycles. The number of fused-ring (bicyclic) bond motifs is 1. The summed E-state index contributed by atoms with van der Waals surface area (Å²) in [5.74, 6) is 2.35. The van der Waals surface area contributed by atoms with E-state index in [1.807, 2.05) is 36.4 Å². The van der Waals surface area contributed by atoms with Crippen molar-refractivity contribution in [3.63, 3.8) is 0 Å². The van der Waals surface area contributed by atoms with E-state index in [1.54, 1.807) is 31.3 Å². The molecule has 2 aromatic heterocycles. The van der Waals surface area contributed by atoms with Crippen LogP contribution in [-0.2, 0) is 22.7 Å². The molecule has 44 heavy (non-hydrogen) atoms. The number of carbonyl (C=O) groups excluding carboxylic acids is 1. The first kappa shape index (κ1) is 31.0. The van der Waals surface area contributed by atoms with Crippen molar-refractivity contribution < 1.29 is 23.1 Å². The van der Waals surface area contributed by atoms with E-state index in [0.29, 0.717) is 41.8 Å². The zero-order valence-electron chi connectivity index (χ0n) is 24.4. The monoisotopic (exact) mass is 616 g/mol. The molecular formula is C34H34ClFN4O4. The number of rotatable bonds is 15. The van der Waals surface area contributed by atoms with Crippen molar-refractivity contribution in [2.75, 3.05) is 19.0 Å². The summed E-state index contributed by atoms with van der Waals surface area (Å²) in [6, 6.07) is 21.3. The van der Waals surface area contributed by atoms with Crippen LogP contribution < -0.4 is 15.4 Å². The van der Waals surface area contributed by atoms with Gasteiger partial charge in [-0.05, 0) is 79.1 Å². The van der Waals surface area contributed by atoms with E-state index in [1.165, 1.54) is 18.5 Å². The minimum Gasteiger partial charge on any atom is -0.487 e. The molecule has 0 fully saturated rings. The van der Waals surface area contributed by atoms with E-state index < -0.39 is 0 Å². The number of hydrogen-bond donors (Lipinski definition) is 2. The lowest BCUT2D eigenvalue weighted by molar-refractivity contribution is -0.120. The van der Waals surface area contributed by atoms with E-state index >= 15 is 0 Å². The highest BCUT2D eigenvalue weighted by molar-refractivity contribution is 6.32. The smallest absolute Gasteiger partial charge is 0.219 e. The normalized spacial score (nSPS) is 11.1. The molecule has 2 N–H and O–H groups in total. The Hall–Kier alpha value is -4.47. The SMILES string of the molecule is CNC(=O)CCCCCCOCc1ccc(-c2ccc3ncnc(Nc4ccc(OCc5cccc(F)c5)c(Cl)c4)c3c2)o1. The number of benzene rings is 3. The lowest BCUT2D eigenvalue weighted by atomic mass is 10.1. The van der Waals surface area contributed by atoms with Gasteiger partial charge in [-0.1, -0.05) is 36.6 Å². The van der Waals surface area contributed by atoms with Crippen LogP contribution in [0.4, 0.5) is 15.9 Å². The second-order valence-corrected chi connectivity index (χ2v) is 10.7. The molecular weight excluding hydrogens is 583 g/mol. The van der Waals surface area contributed by atoms with Gasteiger partial charge in [0.1, 0.15) is 48.4 Å². The fraction of sp³-hybridized carbons (Fsp3) is 0.265. The van der Waals surface area contributed by atoms with Gasteiger partial charge >= 0.3 is 0 Å². The first-order valence-corrected chi connectivity index (χ1v) is 14.9. The van der Waals surface area contributed by atoms with Crippen LogP contribution in [0.5, 0.6) is 5.75 Å². The molecule has 228 valence electrons. The summed E-state index contributed by atoms with van der Waals surface area (Å²) >= 11 is 6.50. The van der Waals surface area contributed by atoms with Crippen molar-refractivity contribution in [1.29, 1.82) is 0 Å². The van der Waals surface area contributed by atoms with Crippen LogP contribution in [0.1, 0.15) is 43.4 Å². The van der Waals surface area contributed by atoms with Gasteiger partial charge in [-0.3, -0.25) is 4.79 Å². The molecule has 0 aliphatic carbocycles. The third-order valence-corrected chi connectivity index (χ3v) is 7.32. The lowest BCUT2D eigenvalue weighted by Gasteiger charge is -2.12. The number of anilines is 2. The van der Waals surface area contributed by atoms with Gasteiger partial charge in [0, 0.05) is 36.7 Å². The van der Waals surface area contributed by atoms with Gasteiger partial charge in [0.2, 0.25) is 5.91 Å². The molecule has 0 saturated heterocycles. The summed E-state index contributed by atoms with van der Waals surface area (Å²) in [5, 5.41) is 7.20. The Morgan fingerprint density at radius 3 is 2.68 bits per heavy atom. The Bertz CT molecular complexity index is 1710. The summed E-state index contributed by atoms with van der Waals surface area (Å²) in [6.45, 7) is 1.23. The minimum atomic E-state index is -0.312. The number of nitrogens with one attached hydrogen (secondary N) is 2. The molecule has 0 atom stereocenters. The first-order valence-electron chi connectivity index (χ1n) is 14.5. The van der Waals surface area contributed by atoms with E-state index in [2.05, 4.69) is 20.6 Å². The number of furan rings is 1. The summed E-state index contributed by atoms with van der Waals surface area (Å²) in [7, 11) is 1.66. The molecule has 5 rings (SSSR count). The zero-order chi connectivity index (χ0) is 30.7. The molecule has 0 spiro atoms. The van der Waals surface area contributed by atoms with Crippen molar-refractivity contribution in [1.82, 2.24) is 15.3 Å². The van der Waals surface area contributed by atoms with Gasteiger partial charge in [-0.2, -0.15) is 0 Å². The maximum atomic E-state index is 13.5. The Morgan fingerprint density at radius 1 is 0.955 bits per heavy atom. The largest absolute Gasteiger partial charge is 0.487 e. The molecule has 10 heteroatoms. The molecule has 5 aromatic rings. The average Bonchev–Trinajstić information content (AvgIpc) is 3.51. The van der Waals surface area contributed by atoms with Gasteiger partial charge in [-0.25, -0.2) is 14.4 Å². The van der Waals surface area contributed by atoms with Crippen LogP contribution >= 0.6 is 11.6 Å². The number of amides is 1. The van der Waals surface area contributed by atoms with Crippen molar-refractivity contribution in [2.24, 2.45) is 0 Å². The standard InChI is InChI=1S/C34H34ClFN4O4/c1-37-33(41)9-4-2-3-5-16-42-21-27-12-15-31(44-27)24-10-13-30-28(18-24)34(39-22-38-30)40-26-11-14-32(29(35)19-26)43-20-23-7-6-8-25(36)17-23/h6-8,10-15,17-19,22H,2-5,9,16,20-21H2,1H3,(H,37,41)(H,38,39,40). The van der Waals surface area contributed by atoms with E-state index in [4.69, 9.17) is 25.5 Å². The molecule has 0 saturated carbocycles. The highest BCUT2D eigenvalue weighted by atomic mass is 35.5. The Kier molecular flexibility index (Phi) is 10.8. The third-order valence-electron chi connectivity index (χ3n) is 7.03. The van der Waals surface area contributed by atoms with Crippen LogP contribution in [0, 0.1) is 5.82 Å². The zero-order valence-corrected chi connectivity index (χ0v) is 25.2. The summed E-state index contributed by atoms with van der Waals surface area (Å²) in [5.41, 5.74) is 3.10. The number of nitrogens with zero attached hydrogens (tertiary/aromatic N) is 2. The summed E-state index contributed by atoms with van der Waals surface area (Å²) in [6.07, 6.45) is 5.95. The number of unbranched alkanes of at least 4 members (excludes halogenated alkanes) is 3. The van der Waals surface area contributed by atoms with Gasteiger partial charge in [0.25, 0.3) is 0 Å². The van der Waals surface area contributed by atoms with Crippen LogP contribution in [0.25, 0.3) is 22.2 Å². The molecule has 0 unspecified atom stereocenters. The maximum absolute atomic E-state index is 13.5. The minimum absolute atomic E-state index is 0.0860. The molecule has 0 bridgehead atoms. The molecule has 8 nitrogen and oxygen atoms in total. The Morgan fingerprint density at radius 2 is 1.84 bits per heavy atom. The fourth-order valence-corrected chi connectivity index (χ4v) is 4.92. The van der Waals surface area contributed by atoms with Crippen LogP contribution in [0.15, 0.2) is 83.5 Å². The van der Waals surface area contributed by atoms with E-state index in [9.17, 15) is 9.18 Å². The maximum Gasteiger partial charge on any atom is 0.219 e. The van der Waals surface area contributed by atoms with Crippen LogP contribution in [-0.4, -0.2) is 29.5 Å². The second-order valence-electron chi connectivity index (χ2n) is 10.3. The number of aromatic nitrogens is 2. The van der Waals surface area contributed by atoms with E-state index in [-0.39, 0.29) is 18.3 Å². The van der Waals surface area contributed by atoms with Crippen molar-refractivity contribution in [2.45, 2.75) is 45.3 Å². The number of carbonyl (C=O) groups is 1. The number of ether oxygens (including phenoxy) is 2. The van der Waals surface area contributed by atoms with Gasteiger partial charge < -0.3 is 24.5 Å². The Balaban J connectivity index is 1.18. The Labute approximate surface area is 260 Å². The number of halogens is 2. The van der Waals surface area contributed by atoms with Gasteiger partial charge in [0.05, 0.1) is 10.5 Å². The molecule has 1 amide bonds. The fourth-order valence-electron chi connectivity index (χ4n) is 4.68. The van der Waals surface area contributed by atoms with Crippen molar-refractivity contribution in [3.8, 4) is 17.1 Å². The molecule has 2 heterocycles.